The Kier molecular flexibility index (Phi) is 5.32. The summed E-state index contributed by atoms with van der Waals surface area (Å²) in [5.41, 5.74) is 1.85. The molecule has 2 bridgehead atoms. The van der Waals surface area contributed by atoms with Gasteiger partial charge in [-0.3, -0.25) is 9.88 Å². The van der Waals surface area contributed by atoms with Crippen molar-refractivity contribution < 1.29 is 9.84 Å². The molecule has 3 saturated heterocycles. The van der Waals surface area contributed by atoms with Crippen LogP contribution in [-0.4, -0.2) is 41.2 Å². The molecule has 2 aromatic rings. The van der Waals surface area contributed by atoms with E-state index in [4.69, 9.17) is 4.74 Å². The maximum Gasteiger partial charge on any atom is 0.119 e. The Morgan fingerprint density at radius 1 is 1.40 bits per heavy atom. The molecule has 1 aromatic heterocycles. The van der Waals surface area contributed by atoms with Gasteiger partial charge in [0, 0.05) is 24.2 Å². The van der Waals surface area contributed by atoms with Gasteiger partial charge in [-0.1, -0.05) is 6.08 Å². The van der Waals surface area contributed by atoms with E-state index < -0.39 is 6.10 Å². The van der Waals surface area contributed by atoms with E-state index in [9.17, 15) is 5.11 Å². The van der Waals surface area contributed by atoms with Gasteiger partial charge in [0.05, 0.1) is 18.7 Å². The molecule has 0 radical (unpaired) electrons. The molecule has 4 heterocycles. The molecule has 0 aliphatic carbocycles. The first-order chi connectivity index (χ1) is 11.7. The molecule has 3 aliphatic heterocycles. The second-order valence-electron chi connectivity index (χ2n) is 6.97. The summed E-state index contributed by atoms with van der Waals surface area (Å²) >= 11 is 0. The number of aromatic nitrogens is 1. The molecule has 3 fully saturated rings. The summed E-state index contributed by atoms with van der Waals surface area (Å²) in [4.78, 5) is 6.86. The van der Waals surface area contributed by atoms with Crippen LogP contribution in [-0.2, 0) is 0 Å². The van der Waals surface area contributed by atoms with Gasteiger partial charge in [-0.2, -0.15) is 0 Å². The number of ether oxygens (including phenoxy) is 1. The highest BCUT2D eigenvalue weighted by Gasteiger charge is 2.42. The van der Waals surface area contributed by atoms with Crippen LogP contribution in [0.4, 0.5) is 0 Å². The fourth-order valence-electron chi connectivity index (χ4n) is 4.44. The van der Waals surface area contributed by atoms with Crippen molar-refractivity contribution in [3.63, 3.8) is 0 Å². The van der Waals surface area contributed by atoms with E-state index in [1.54, 1.807) is 13.3 Å². The summed E-state index contributed by atoms with van der Waals surface area (Å²) in [5.74, 6) is 2.01. The summed E-state index contributed by atoms with van der Waals surface area (Å²) in [6.07, 6.45) is 5.62. The summed E-state index contributed by atoms with van der Waals surface area (Å²) in [6, 6.07) is 7.96. The number of methoxy groups -OCH3 is 1. The number of nitrogens with zero attached hydrogens (tertiary/aromatic N) is 2. The first-order valence-electron chi connectivity index (χ1n) is 8.68. The van der Waals surface area contributed by atoms with Gasteiger partial charge in [0.25, 0.3) is 0 Å². The van der Waals surface area contributed by atoms with Crippen molar-refractivity contribution in [2.75, 3.05) is 20.2 Å². The van der Waals surface area contributed by atoms with Crippen LogP contribution in [0.25, 0.3) is 10.9 Å². The predicted molar refractivity (Wildman–Crippen MR) is 102 cm³/mol. The number of pyridine rings is 1. The zero-order valence-electron chi connectivity index (χ0n) is 14.5. The SMILES string of the molecule is C=C[C@H]1CN2CC[C@H]1C[C@@H]2[C@H](O)c1ccnc2ccc(OC)cc12.Cl. The fourth-order valence-corrected chi connectivity index (χ4v) is 4.44. The third kappa shape index (κ3) is 3.14. The zero-order chi connectivity index (χ0) is 16.7. The van der Waals surface area contributed by atoms with Gasteiger partial charge in [0.15, 0.2) is 0 Å². The summed E-state index contributed by atoms with van der Waals surface area (Å²) in [7, 11) is 1.66. The Morgan fingerprint density at radius 2 is 2.24 bits per heavy atom. The van der Waals surface area contributed by atoms with E-state index in [1.165, 1.54) is 6.42 Å². The van der Waals surface area contributed by atoms with Crippen molar-refractivity contribution in [2.45, 2.75) is 25.0 Å². The highest BCUT2D eigenvalue weighted by atomic mass is 35.5. The van der Waals surface area contributed by atoms with Gasteiger partial charge in [-0.15, -0.1) is 19.0 Å². The molecule has 0 saturated carbocycles. The van der Waals surface area contributed by atoms with Gasteiger partial charge < -0.3 is 9.84 Å². The molecule has 5 atom stereocenters. The second-order valence-corrected chi connectivity index (χ2v) is 6.97. The molecule has 5 rings (SSSR count). The monoisotopic (exact) mass is 360 g/mol. The van der Waals surface area contributed by atoms with Gasteiger partial charge in [0.1, 0.15) is 5.75 Å². The molecule has 25 heavy (non-hydrogen) atoms. The number of aliphatic hydroxyl groups is 1. The quantitative estimate of drug-likeness (QED) is 0.846. The second kappa shape index (κ2) is 7.32. The van der Waals surface area contributed by atoms with Gasteiger partial charge >= 0.3 is 0 Å². The lowest BCUT2D eigenvalue weighted by Gasteiger charge is -2.50. The molecular weight excluding hydrogens is 336 g/mol. The van der Waals surface area contributed by atoms with Gasteiger partial charge in [0.2, 0.25) is 0 Å². The minimum absolute atomic E-state index is 0. The van der Waals surface area contributed by atoms with Crippen LogP contribution in [0, 0.1) is 11.8 Å². The molecular formula is C20H25ClN2O2. The van der Waals surface area contributed by atoms with E-state index in [2.05, 4.69) is 22.5 Å². The number of halogens is 1. The summed E-state index contributed by atoms with van der Waals surface area (Å²) < 4.78 is 5.35. The summed E-state index contributed by atoms with van der Waals surface area (Å²) in [5, 5.41) is 12.1. The van der Waals surface area contributed by atoms with Crippen LogP contribution < -0.4 is 4.74 Å². The smallest absolute Gasteiger partial charge is 0.119 e. The Hall–Kier alpha value is -1.62. The summed E-state index contributed by atoms with van der Waals surface area (Å²) in [6.45, 7) is 6.07. The molecule has 5 heteroatoms. The Morgan fingerprint density at radius 3 is 2.92 bits per heavy atom. The van der Waals surface area contributed by atoms with Crippen molar-refractivity contribution in [3.05, 3.63) is 48.7 Å². The van der Waals surface area contributed by atoms with Crippen LogP contribution >= 0.6 is 12.4 Å². The predicted octanol–water partition coefficient (Wildman–Crippen LogP) is 3.60. The average molecular weight is 361 g/mol. The molecule has 0 amide bonds. The van der Waals surface area contributed by atoms with E-state index >= 15 is 0 Å². The maximum atomic E-state index is 11.2. The number of benzene rings is 1. The Bertz CT molecular complexity index is 766. The van der Waals surface area contributed by atoms with Crippen molar-refractivity contribution >= 4 is 23.3 Å². The molecule has 1 unspecified atom stereocenters. The third-order valence-corrected chi connectivity index (χ3v) is 5.82. The minimum atomic E-state index is -0.504. The number of hydrogen-bond acceptors (Lipinski definition) is 4. The highest BCUT2D eigenvalue weighted by molar-refractivity contribution is 5.85. The van der Waals surface area contributed by atoms with Crippen molar-refractivity contribution in [1.82, 2.24) is 9.88 Å². The van der Waals surface area contributed by atoms with Crippen molar-refractivity contribution in [2.24, 2.45) is 11.8 Å². The van der Waals surface area contributed by atoms with Crippen LogP contribution in [0.3, 0.4) is 0 Å². The van der Waals surface area contributed by atoms with E-state index in [0.717, 1.165) is 41.7 Å². The molecule has 4 nitrogen and oxygen atoms in total. The van der Waals surface area contributed by atoms with Crippen LogP contribution in [0.1, 0.15) is 24.5 Å². The number of fused-ring (bicyclic) bond motifs is 4. The van der Waals surface area contributed by atoms with Crippen LogP contribution in [0.15, 0.2) is 43.1 Å². The normalized spacial score (nSPS) is 29.0. The van der Waals surface area contributed by atoms with E-state index in [-0.39, 0.29) is 18.4 Å². The number of rotatable bonds is 4. The Labute approximate surface area is 154 Å². The van der Waals surface area contributed by atoms with Gasteiger partial charge in [-0.25, -0.2) is 0 Å². The molecule has 1 aromatic carbocycles. The lowest BCUT2D eigenvalue weighted by molar-refractivity contribution is -0.0444. The molecule has 3 aliphatic rings. The largest absolute Gasteiger partial charge is 0.497 e. The Balaban J connectivity index is 0.00000182. The first kappa shape index (κ1) is 18.2. The lowest BCUT2D eigenvalue weighted by Crippen LogP contribution is -2.54. The molecule has 1 N–H and O–H groups in total. The number of piperidine rings is 3. The van der Waals surface area contributed by atoms with Crippen LogP contribution in [0.2, 0.25) is 0 Å². The highest BCUT2D eigenvalue weighted by Crippen LogP contribution is 2.42. The average Bonchev–Trinajstić information content (AvgIpc) is 2.66. The third-order valence-electron chi connectivity index (χ3n) is 5.82. The lowest BCUT2D eigenvalue weighted by atomic mass is 9.73. The number of hydrogen-bond donors (Lipinski definition) is 1. The van der Waals surface area contributed by atoms with Crippen molar-refractivity contribution in [1.29, 1.82) is 0 Å². The number of aliphatic hydroxyl groups excluding tert-OH is 1. The fraction of sp³-hybridized carbons (Fsp3) is 0.450. The topological polar surface area (TPSA) is 45.6 Å². The van der Waals surface area contributed by atoms with E-state index in [0.29, 0.717) is 11.8 Å². The zero-order valence-corrected chi connectivity index (χ0v) is 15.3. The minimum Gasteiger partial charge on any atom is -0.497 e. The van der Waals surface area contributed by atoms with Crippen molar-refractivity contribution in [3.8, 4) is 5.75 Å². The first-order valence-corrected chi connectivity index (χ1v) is 8.68. The maximum absolute atomic E-state index is 11.2. The van der Waals surface area contributed by atoms with Gasteiger partial charge in [-0.05, 0) is 61.1 Å². The van der Waals surface area contributed by atoms with Crippen LogP contribution in [0.5, 0.6) is 5.75 Å². The molecule has 0 spiro atoms. The standard InChI is InChI=1S/C20H24N2O2.ClH/c1-3-13-12-22-9-7-14(13)10-19(22)20(23)16-6-8-21-18-5-4-15(24-2)11-17(16)18;/h3-6,8,11,13-14,19-20,23H,1,7,9-10,12H2,2H3;1H/t13-,14-,19+,20+;/m0./s1. The van der Waals surface area contributed by atoms with E-state index in [1.807, 2.05) is 24.3 Å². The molecule has 134 valence electrons.